The van der Waals surface area contributed by atoms with Crippen molar-refractivity contribution in [2.75, 3.05) is 0 Å². The monoisotopic (exact) mass is 465 g/mol. The van der Waals surface area contributed by atoms with Gasteiger partial charge in [-0.05, 0) is 34.9 Å². The first-order chi connectivity index (χ1) is 15.3. The second kappa shape index (κ2) is 6.38. The molecule has 1 unspecified atom stereocenters. The molecule has 6 aromatic rings. The number of hydrogen-bond donors (Lipinski definition) is 3. The van der Waals surface area contributed by atoms with E-state index in [9.17, 15) is 0 Å². The molecule has 1 aliphatic carbocycles. The minimum atomic E-state index is 0.234. The van der Waals surface area contributed by atoms with Gasteiger partial charge in [0.2, 0.25) is 0 Å². The van der Waals surface area contributed by atoms with Gasteiger partial charge in [-0.3, -0.25) is 0 Å². The Morgan fingerprint density at radius 1 is 0.581 bits per heavy atom. The molecular formula is C27H20BrN3. The molecule has 0 fully saturated rings. The zero-order chi connectivity index (χ0) is 20.5. The van der Waals surface area contributed by atoms with Gasteiger partial charge in [0.25, 0.3) is 0 Å². The first kappa shape index (κ1) is 17.4. The molecule has 1 aliphatic rings. The van der Waals surface area contributed by atoms with Crippen molar-refractivity contribution in [3.05, 3.63) is 108 Å². The Balaban J connectivity index is 1.53. The fourth-order valence-corrected chi connectivity index (χ4v) is 6.73. The number of hydrogen-bond acceptors (Lipinski definition) is 0. The summed E-state index contributed by atoms with van der Waals surface area (Å²) in [6.45, 7) is 0. The van der Waals surface area contributed by atoms with Crippen LogP contribution < -0.4 is 0 Å². The van der Waals surface area contributed by atoms with Gasteiger partial charge in [0.15, 0.2) is 0 Å². The summed E-state index contributed by atoms with van der Waals surface area (Å²) in [6, 6.07) is 25.9. The van der Waals surface area contributed by atoms with E-state index >= 15 is 0 Å². The lowest BCUT2D eigenvalue weighted by molar-refractivity contribution is 0.747. The van der Waals surface area contributed by atoms with Crippen LogP contribution in [-0.4, -0.2) is 19.8 Å². The van der Waals surface area contributed by atoms with Gasteiger partial charge in [-0.2, -0.15) is 0 Å². The van der Waals surface area contributed by atoms with Gasteiger partial charge >= 0.3 is 0 Å². The summed E-state index contributed by atoms with van der Waals surface area (Å²) >= 11 is 4.18. The van der Waals surface area contributed by atoms with Gasteiger partial charge in [0.05, 0.1) is 0 Å². The van der Waals surface area contributed by atoms with Crippen molar-refractivity contribution in [3.8, 4) is 0 Å². The van der Waals surface area contributed by atoms with Crippen LogP contribution >= 0.6 is 15.9 Å². The standard InChI is InChI=1S/C27H20BrN3/c28-26-23(18-13-29-20-10-4-1-7-15(18)20)24-17-9-3-6-12-22(17)31-27(24)25(26)19-14-30-21-11-5-2-8-16(19)21/h1-14,23,25-26,29-31H/t23-,25+,26?/m0/s1. The van der Waals surface area contributed by atoms with Crippen LogP contribution in [0, 0.1) is 0 Å². The minimum absolute atomic E-state index is 0.234. The van der Waals surface area contributed by atoms with Gasteiger partial charge in [0, 0.05) is 67.5 Å². The van der Waals surface area contributed by atoms with Crippen molar-refractivity contribution in [1.29, 1.82) is 0 Å². The molecule has 150 valence electrons. The lowest BCUT2D eigenvalue weighted by atomic mass is 9.89. The first-order valence-corrected chi connectivity index (χ1v) is 11.6. The van der Waals surface area contributed by atoms with E-state index in [1.807, 2.05) is 0 Å². The van der Waals surface area contributed by atoms with Crippen LogP contribution in [0.1, 0.15) is 34.2 Å². The van der Waals surface area contributed by atoms with Crippen LogP contribution in [0.3, 0.4) is 0 Å². The highest BCUT2D eigenvalue weighted by atomic mass is 79.9. The highest BCUT2D eigenvalue weighted by Crippen LogP contribution is 2.55. The molecule has 0 radical (unpaired) electrons. The van der Waals surface area contributed by atoms with Gasteiger partial charge in [-0.25, -0.2) is 0 Å². The van der Waals surface area contributed by atoms with E-state index in [0.29, 0.717) is 0 Å². The number of nitrogens with one attached hydrogen (secondary N) is 3. The fraction of sp³-hybridized carbons (Fsp3) is 0.111. The number of alkyl halides is 1. The zero-order valence-corrected chi connectivity index (χ0v) is 18.3. The molecule has 0 aliphatic heterocycles. The molecule has 0 amide bonds. The Labute approximate surface area is 187 Å². The third kappa shape index (κ3) is 2.34. The molecule has 0 bridgehead atoms. The van der Waals surface area contributed by atoms with E-state index in [1.54, 1.807) is 0 Å². The summed E-state index contributed by atoms with van der Waals surface area (Å²) in [4.78, 5) is 11.0. The number of aromatic amines is 3. The Kier molecular flexibility index (Phi) is 3.59. The molecule has 3 nitrogen and oxygen atoms in total. The number of benzene rings is 3. The Hall–Kier alpha value is -3.24. The van der Waals surface area contributed by atoms with Gasteiger partial charge in [-0.1, -0.05) is 70.5 Å². The van der Waals surface area contributed by atoms with E-state index < -0.39 is 0 Å². The maximum absolute atomic E-state index is 4.18. The molecule has 7 rings (SSSR count). The van der Waals surface area contributed by atoms with Crippen LogP contribution in [0.25, 0.3) is 32.7 Å². The third-order valence-electron chi connectivity index (χ3n) is 6.95. The lowest BCUT2D eigenvalue weighted by Gasteiger charge is -2.21. The second-order valence-electron chi connectivity index (χ2n) is 8.48. The molecule has 31 heavy (non-hydrogen) atoms. The lowest BCUT2D eigenvalue weighted by Crippen LogP contribution is -2.14. The smallest absolute Gasteiger partial charge is 0.0459 e. The van der Waals surface area contributed by atoms with Crippen molar-refractivity contribution in [1.82, 2.24) is 15.0 Å². The predicted octanol–water partition coefficient (Wildman–Crippen LogP) is 7.17. The van der Waals surface area contributed by atoms with Crippen LogP contribution in [0.15, 0.2) is 85.2 Å². The average Bonchev–Trinajstić information content (AvgIpc) is 3.55. The maximum Gasteiger partial charge on any atom is 0.0459 e. The number of aromatic nitrogens is 3. The summed E-state index contributed by atoms with van der Waals surface area (Å²) in [5, 5.41) is 3.91. The minimum Gasteiger partial charge on any atom is -0.361 e. The SMILES string of the molecule is BrC1[C@@H](c2c[nH]c3ccccc23)c2[nH]c3ccccc3c2[C@@H]1c1c[nH]c2ccccc12. The summed E-state index contributed by atoms with van der Waals surface area (Å²) in [5.41, 5.74) is 9.01. The molecule has 3 N–H and O–H groups in total. The number of para-hydroxylation sites is 3. The Morgan fingerprint density at radius 3 is 1.74 bits per heavy atom. The van der Waals surface area contributed by atoms with E-state index in [2.05, 4.69) is 116 Å². The predicted molar refractivity (Wildman–Crippen MR) is 131 cm³/mol. The third-order valence-corrected chi connectivity index (χ3v) is 8.01. The normalized spacial score (nSPS) is 20.7. The first-order valence-electron chi connectivity index (χ1n) is 10.7. The van der Waals surface area contributed by atoms with Gasteiger partial charge in [-0.15, -0.1) is 0 Å². The molecule has 4 heteroatoms. The van der Waals surface area contributed by atoms with E-state index in [0.717, 1.165) is 0 Å². The van der Waals surface area contributed by atoms with Crippen molar-refractivity contribution >= 4 is 48.6 Å². The largest absolute Gasteiger partial charge is 0.361 e. The van der Waals surface area contributed by atoms with E-state index in [4.69, 9.17) is 0 Å². The summed E-state index contributed by atoms with van der Waals surface area (Å²) in [6.07, 6.45) is 4.39. The topological polar surface area (TPSA) is 47.4 Å². The number of H-pyrrole nitrogens is 3. The van der Waals surface area contributed by atoms with E-state index in [-0.39, 0.29) is 16.7 Å². The highest BCUT2D eigenvalue weighted by molar-refractivity contribution is 9.09. The van der Waals surface area contributed by atoms with E-state index in [1.165, 1.54) is 55.1 Å². The molecule has 3 heterocycles. The quantitative estimate of drug-likeness (QED) is 0.227. The molecular weight excluding hydrogens is 446 g/mol. The molecule has 3 aromatic carbocycles. The van der Waals surface area contributed by atoms with Crippen molar-refractivity contribution in [3.63, 3.8) is 0 Å². The van der Waals surface area contributed by atoms with Crippen LogP contribution in [0.2, 0.25) is 0 Å². The van der Waals surface area contributed by atoms with Crippen molar-refractivity contribution < 1.29 is 0 Å². The van der Waals surface area contributed by atoms with Gasteiger partial charge < -0.3 is 15.0 Å². The number of fused-ring (bicyclic) bond motifs is 5. The van der Waals surface area contributed by atoms with Gasteiger partial charge in [0.1, 0.15) is 0 Å². The molecule has 3 atom stereocenters. The second-order valence-corrected chi connectivity index (χ2v) is 9.53. The molecule has 0 saturated heterocycles. The number of rotatable bonds is 2. The Morgan fingerprint density at radius 2 is 1.10 bits per heavy atom. The highest BCUT2D eigenvalue weighted by Gasteiger charge is 2.45. The summed E-state index contributed by atoms with van der Waals surface area (Å²) in [5.74, 6) is 0.484. The van der Waals surface area contributed by atoms with Crippen LogP contribution in [0.4, 0.5) is 0 Å². The molecule has 0 spiro atoms. The zero-order valence-electron chi connectivity index (χ0n) is 16.7. The van der Waals surface area contributed by atoms with Crippen LogP contribution in [-0.2, 0) is 0 Å². The average molecular weight is 466 g/mol. The van der Waals surface area contributed by atoms with Crippen LogP contribution in [0.5, 0.6) is 0 Å². The van der Waals surface area contributed by atoms with Crippen molar-refractivity contribution in [2.45, 2.75) is 16.7 Å². The summed E-state index contributed by atoms with van der Waals surface area (Å²) < 4.78 is 0. The maximum atomic E-state index is 4.18. The molecule has 3 aromatic heterocycles. The Bertz CT molecular complexity index is 1580. The summed E-state index contributed by atoms with van der Waals surface area (Å²) in [7, 11) is 0. The fourth-order valence-electron chi connectivity index (χ4n) is 5.63. The number of halogens is 1. The van der Waals surface area contributed by atoms with Crippen molar-refractivity contribution in [2.24, 2.45) is 0 Å². The molecule has 0 saturated carbocycles.